The lowest BCUT2D eigenvalue weighted by Crippen LogP contribution is -2.20. The van der Waals surface area contributed by atoms with Gasteiger partial charge in [0.1, 0.15) is 5.82 Å². The molecule has 0 unspecified atom stereocenters. The molecular weight excluding hydrogens is 398 g/mol. The van der Waals surface area contributed by atoms with Crippen LogP contribution in [0.3, 0.4) is 0 Å². The van der Waals surface area contributed by atoms with Gasteiger partial charge in [-0.3, -0.25) is 4.79 Å². The number of carbonyl (C=O) groups excluding carboxylic acids is 1. The standard InChI is InChI=1S/C19H24BrN3O3/c1-3-26-18-15(20)11-13(12-16(18)25-2)19(24)22-17-9-10-21-23(17)14-7-5-4-6-8-14/h9-12,14H,3-8H2,1-2H3,(H,22,24). The summed E-state index contributed by atoms with van der Waals surface area (Å²) in [5, 5.41) is 7.40. The Morgan fingerprint density at radius 2 is 2.12 bits per heavy atom. The third-order valence-corrected chi connectivity index (χ3v) is 5.20. The van der Waals surface area contributed by atoms with Gasteiger partial charge in [-0.25, -0.2) is 4.68 Å². The number of hydrogen-bond donors (Lipinski definition) is 1. The van der Waals surface area contributed by atoms with E-state index >= 15 is 0 Å². The predicted molar refractivity (Wildman–Crippen MR) is 104 cm³/mol. The van der Waals surface area contributed by atoms with Gasteiger partial charge in [-0.1, -0.05) is 19.3 Å². The highest BCUT2D eigenvalue weighted by molar-refractivity contribution is 9.10. The first-order valence-electron chi connectivity index (χ1n) is 8.99. The second-order valence-electron chi connectivity index (χ2n) is 6.33. The van der Waals surface area contributed by atoms with Crippen molar-refractivity contribution in [2.24, 2.45) is 0 Å². The number of hydrogen-bond acceptors (Lipinski definition) is 4. The van der Waals surface area contributed by atoms with Crippen LogP contribution in [0.25, 0.3) is 0 Å². The van der Waals surface area contributed by atoms with Crippen LogP contribution >= 0.6 is 15.9 Å². The van der Waals surface area contributed by atoms with Gasteiger partial charge < -0.3 is 14.8 Å². The van der Waals surface area contributed by atoms with Crippen LogP contribution in [0, 0.1) is 0 Å². The zero-order chi connectivity index (χ0) is 18.5. The Kier molecular flexibility index (Phi) is 6.19. The van der Waals surface area contributed by atoms with Crippen LogP contribution in [0.1, 0.15) is 55.4 Å². The van der Waals surface area contributed by atoms with Crippen molar-refractivity contribution < 1.29 is 14.3 Å². The Bertz CT molecular complexity index is 769. The molecule has 26 heavy (non-hydrogen) atoms. The van der Waals surface area contributed by atoms with E-state index in [2.05, 4.69) is 26.3 Å². The highest BCUT2D eigenvalue weighted by Crippen LogP contribution is 2.37. The van der Waals surface area contributed by atoms with Crippen molar-refractivity contribution in [2.45, 2.75) is 45.1 Å². The van der Waals surface area contributed by atoms with Gasteiger partial charge in [0.15, 0.2) is 11.5 Å². The van der Waals surface area contributed by atoms with E-state index in [1.54, 1.807) is 25.4 Å². The minimum Gasteiger partial charge on any atom is -0.493 e. The topological polar surface area (TPSA) is 65.4 Å². The maximum atomic E-state index is 12.8. The Balaban J connectivity index is 1.81. The fourth-order valence-electron chi connectivity index (χ4n) is 3.35. The van der Waals surface area contributed by atoms with E-state index in [0.29, 0.717) is 34.2 Å². The van der Waals surface area contributed by atoms with E-state index in [1.807, 2.05) is 17.7 Å². The lowest BCUT2D eigenvalue weighted by molar-refractivity contribution is 0.102. The number of carbonyl (C=O) groups is 1. The van der Waals surface area contributed by atoms with E-state index in [-0.39, 0.29) is 5.91 Å². The highest BCUT2D eigenvalue weighted by Gasteiger charge is 2.21. The Hall–Kier alpha value is -2.02. The fraction of sp³-hybridized carbons (Fsp3) is 0.474. The zero-order valence-electron chi connectivity index (χ0n) is 15.1. The van der Waals surface area contributed by atoms with Crippen molar-refractivity contribution in [2.75, 3.05) is 19.0 Å². The quantitative estimate of drug-likeness (QED) is 0.726. The lowest BCUT2D eigenvalue weighted by Gasteiger charge is -2.24. The first-order chi connectivity index (χ1) is 12.6. The van der Waals surface area contributed by atoms with Gasteiger partial charge in [-0.05, 0) is 47.8 Å². The molecule has 1 amide bonds. The number of amides is 1. The smallest absolute Gasteiger partial charge is 0.256 e. The van der Waals surface area contributed by atoms with Crippen LogP contribution in [0.5, 0.6) is 11.5 Å². The molecule has 0 saturated heterocycles. The molecule has 140 valence electrons. The molecule has 1 aromatic heterocycles. The van der Waals surface area contributed by atoms with E-state index < -0.39 is 0 Å². The van der Waals surface area contributed by atoms with Gasteiger partial charge in [0.05, 0.1) is 30.4 Å². The summed E-state index contributed by atoms with van der Waals surface area (Å²) < 4.78 is 13.6. The molecule has 0 radical (unpaired) electrons. The minimum atomic E-state index is -0.204. The molecular formula is C19H24BrN3O3. The number of nitrogens with zero attached hydrogens (tertiary/aromatic N) is 2. The third kappa shape index (κ3) is 4.03. The van der Waals surface area contributed by atoms with Crippen LogP contribution in [0.2, 0.25) is 0 Å². The van der Waals surface area contributed by atoms with Crippen molar-refractivity contribution in [3.05, 3.63) is 34.4 Å². The summed E-state index contributed by atoms with van der Waals surface area (Å²) in [4.78, 5) is 12.8. The molecule has 0 spiro atoms. The van der Waals surface area contributed by atoms with Crippen molar-refractivity contribution >= 4 is 27.7 Å². The minimum absolute atomic E-state index is 0.204. The van der Waals surface area contributed by atoms with Crippen LogP contribution in [-0.4, -0.2) is 29.4 Å². The second-order valence-corrected chi connectivity index (χ2v) is 7.18. The monoisotopic (exact) mass is 421 g/mol. The molecule has 7 heteroatoms. The van der Waals surface area contributed by atoms with Gasteiger partial charge in [0, 0.05) is 11.6 Å². The Morgan fingerprint density at radius 3 is 2.81 bits per heavy atom. The molecule has 1 fully saturated rings. The molecule has 0 atom stereocenters. The molecule has 6 nitrogen and oxygen atoms in total. The molecule has 1 aliphatic rings. The Morgan fingerprint density at radius 1 is 1.35 bits per heavy atom. The van der Waals surface area contributed by atoms with Crippen LogP contribution < -0.4 is 14.8 Å². The molecule has 1 aromatic carbocycles. The van der Waals surface area contributed by atoms with Crippen molar-refractivity contribution in [1.29, 1.82) is 0 Å². The van der Waals surface area contributed by atoms with E-state index in [1.165, 1.54) is 19.3 Å². The lowest BCUT2D eigenvalue weighted by atomic mass is 9.96. The van der Waals surface area contributed by atoms with Crippen molar-refractivity contribution in [3.8, 4) is 11.5 Å². The van der Waals surface area contributed by atoms with E-state index in [0.717, 1.165) is 18.7 Å². The number of anilines is 1. The van der Waals surface area contributed by atoms with E-state index in [4.69, 9.17) is 9.47 Å². The van der Waals surface area contributed by atoms with Crippen LogP contribution in [0.4, 0.5) is 5.82 Å². The van der Waals surface area contributed by atoms with Crippen LogP contribution in [0.15, 0.2) is 28.9 Å². The molecule has 2 aromatic rings. The molecule has 0 bridgehead atoms. The van der Waals surface area contributed by atoms with Crippen molar-refractivity contribution in [3.63, 3.8) is 0 Å². The number of aromatic nitrogens is 2. The molecule has 1 heterocycles. The van der Waals surface area contributed by atoms with Gasteiger partial charge in [0.2, 0.25) is 0 Å². The highest BCUT2D eigenvalue weighted by atomic mass is 79.9. The summed E-state index contributed by atoms with van der Waals surface area (Å²) in [6.07, 6.45) is 7.64. The predicted octanol–water partition coefficient (Wildman–Crippen LogP) is 4.81. The first-order valence-corrected chi connectivity index (χ1v) is 9.78. The SMILES string of the molecule is CCOc1c(Br)cc(C(=O)Nc2ccnn2C2CCCCC2)cc1OC. The maximum Gasteiger partial charge on any atom is 0.256 e. The third-order valence-electron chi connectivity index (χ3n) is 4.61. The number of methoxy groups -OCH3 is 1. The summed E-state index contributed by atoms with van der Waals surface area (Å²) >= 11 is 3.46. The van der Waals surface area contributed by atoms with Crippen molar-refractivity contribution in [1.82, 2.24) is 9.78 Å². The summed E-state index contributed by atoms with van der Waals surface area (Å²) in [5.41, 5.74) is 0.494. The van der Waals surface area contributed by atoms with E-state index in [9.17, 15) is 4.79 Å². The summed E-state index contributed by atoms with van der Waals surface area (Å²) in [5.74, 6) is 1.64. The number of halogens is 1. The summed E-state index contributed by atoms with van der Waals surface area (Å²) in [7, 11) is 1.56. The molecule has 3 rings (SSSR count). The average molecular weight is 422 g/mol. The summed E-state index contributed by atoms with van der Waals surface area (Å²) in [6, 6.07) is 5.62. The van der Waals surface area contributed by atoms with Crippen LogP contribution in [-0.2, 0) is 0 Å². The van der Waals surface area contributed by atoms with Gasteiger partial charge in [-0.2, -0.15) is 5.10 Å². The maximum absolute atomic E-state index is 12.8. The second kappa shape index (κ2) is 8.58. The number of ether oxygens (including phenoxy) is 2. The Labute approximate surface area is 162 Å². The molecule has 1 N–H and O–H groups in total. The number of nitrogens with one attached hydrogen (secondary N) is 1. The first kappa shape index (κ1) is 18.8. The van der Waals surface area contributed by atoms with Gasteiger partial charge in [-0.15, -0.1) is 0 Å². The fourth-order valence-corrected chi connectivity index (χ4v) is 3.91. The largest absolute Gasteiger partial charge is 0.493 e. The van der Waals surface area contributed by atoms with Gasteiger partial charge >= 0.3 is 0 Å². The van der Waals surface area contributed by atoms with Gasteiger partial charge in [0.25, 0.3) is 5.91 Å². The average Bonchev–Trinajstić information content (AvgIpc) is 3.12. The molecule has 0 aliphatic heterocycles. The molecule has 1 aliphatic carbocycles. The normalized spacial score (nSPS) is 14.9. The zero-order valence-corrected chi connectivity index (χ0v) is 16.7. The molecule has 1 saturated carbocycles. The number of benzene rings is 1. The summed E-state index contributed by atoms with van der Waals surface area (Å²) in [6.45, 7) is 2.42. The number of rotatable bonds is 6.